The van der Waals surface area contributed by atoms with Crippen LogP contribution in [0.25, 0.3) is 0 Å². The molecule has 0 aliphatic heterocycles. The number of rotatable bonds is 6. The van der Waals surface area contributed by atoms with E-state index in [-0.39, 0.29) is 11.9 Å². The molecule has 6 nitrogen and oxygen atoms in total. The maximum atomic E-state index is 12.5. The zero-order valence-corrected chi connectivity index (χ0v) is 17.6. The Balaban J connectivity index is 1.65. The molecular formula is C20H24BrN5O. The van der Waals surface area contributed by atoms with Crippen LogP contribution in [0.2, 0.25) is 0 Å². The summed E-state index contributed by atoms with van der Waals surface area (Å²) < 4.78 is 4.85. The molecule has 3 aromatic rings. The van der Waals surface area contributed by atoms with Crippen LogP contribution in [0.15, 0.2) is 41.0 Å². The van der Waals surface area contributed by atoms with Crippen molar-refractivity contribution in [1.82, 2.24) is 24.9 Å². The molecule has 0 radical (unpaired) electrons. The van der Waals surface area contributed by atoms with E-state index in [4.69, 9.17) is 0 Å². The number of nitrogens with zero attached hydrogens (tertiary/aromatic N) is 4. The molecule has 2 heterocycles. The van der Waals surface area contributed by atoms with E-state index in [9.17, 15) is 4.79 Å². The van der Waals surface area contributed by atoms with E-state index in [0.29, 0.717) is 12.1 Å². The van der Waals surface area contributed by atoms with Crippen LogP contribution >= 0.6 is 15.9 Å². The molecule has 27 heavy (non-hydrogen) atoms. The van der Waals surface area contributed by atoms with Crippen LogP contribution in [0.5, 0.6) is 0 Å². The van der Waals surface area contributed by atoms with Gasteiger partial charge in [0, 0.05) is 18.3 Å². The van der Waals surface area contributed by atoms with E-state index in [1.165, 1.54) is 0 Å². The lowest BCUT2D eigenvalue weighted by atomic mass is 10.1. The summed E-state index contributed by atoms with van der Waals surface area (Å²) in [5.74, 6) is -0.103. The molecule has 2 aromatic heterocycles. The normalized spacial score (nSPS) is 12.2. The third kappa shape index (κ3) is 4.30. The Morgan fingerprint density at radius 1 is 1.19 bits per heavy atom. The van der Waals surface area contributed by atoms with E-state index in [0.717, 1.165) is 33.7 Å². The van der Waals surface area contributed by atoms with Crippen molar-refractivity contribution < 1.29 is 4.79 Å². The summed E-state index contributed by atoms with van der Waals surface area (Å²) in [5, 5.41) is 12.0. The molecule has 3 rings (SSSR count). The van der Waals surface area contributed by atoms with Crippen molar-refractivity contribution in [2.24, 2.45) is 0 Å². The first-order chi connectivity index (χ1) is 12.9. The minimum atomic E-state index is -0.142. The molecule has 1 amide bonds. The quantitative estimate of drug-likeness (QED) is 0.643. The molecule has 7 heteroatoms. The number of hydrogen-bond acceptors (Lipinski definition) is 3. The van der Waals surface area contributed by atoms with E-state index in [1.807, 2.05) is 73.6 Å². The van der Waals surface area contributed by atoms with Crippen LogP contribution in [-0.4, -0.2) is 25.5 Å². The van der Waals surface area contributed by atoms with Gasteiger partial charge in [-0.25, -0.2) is 0 Å². The number of amides is 1. The zero-order chi connectivity index (χ0) is 19.6. The van der Waals surface area contributed by atoms with E-state index in [2.05, 4.69) is 31.4 Å². The van der Waals surface area contributed by atoms with Crippen molar-refractivity contribution in [3.8, 4) is 0 Å². The highest BCUT2D eigenvalue weighted by Gasteiger charge is 2.14. The third-order valence-electron chi connectivity index (χ3n) is 4.62. The number of aromatic nitrogens is 4. The van der Waals surface area contributed by atoms with E-state index in [1.54, 1.807) is 0 Å². The van der Waals surface area contributed by atoms with Gasteiger partial charge >= 0.3 is 0 Å². The first kappa shape index (κ1) is 19.4. The minimum absolute atomic E-state index is 0.103. The molecule has 1 N–H and O–H groups in total. The number of benzene rings is 1. The van der Waals surface area contributed by atoms with Gasteiger partial charge in [-0.3, -0.25) is 14.2 Å². The summed E-state index contributed by atoms with van der Waals surface area (Å²) in [6, 6.07) is 9.43. The molecule has 0 bridgehead atoms. The fourth-order valence-corrected chi connectivity index (χ4v) is 3.19. The van der Waals surface area contributed by atoms with Crippen molar-refractivity contribution >= 4 is 21.8 Å². The van der Waals surface area contributed by atoms with Gasteiger partial charge in [0.15, 0.2) is 0 Å². The number of nitrogens with one attached hydrogen (secondary N) is 1. The molecule has 0 fully saturated rings. The van der Waals surface area contributed by atoms with Crippen molar-refractivity contribution in [3.05, 3.63) is 69.2 Å². The van der Waals surface area contributed by atoms with Crippen LogP contribution in [0.4, 0.5) is 0 Å². The van der Waals surface area contributed by atoms with Gasteiger partial charge < -0.3 is 5.32 Å². The number of carbonyl (C=O) groups excluding carboxylic acids is 1. The van der Waals surface area contributed by atoms with Gasteiger partial charge in [0.2, 0.25) is 0 Å². The molecule has 1 atom stereocenters. The fraction of sp³-hybridized carbons (Fsp3) is 0.350. The third-order valence-corrected chi connectivity index (χ3v) is 5.77. The number of carbonyl (C=O) groups is 1. The molecule has 1 unspecified atom stereocenters. The molecule has 0 aliphatic rings. The highest BCUT2D eigenvalue weighted by atomic mass is 79.9. The lowest BCUT2D eigenvalue weighted by Gasteiger charge is -2.12. The Bertz CT molecular complexity index is 942. The van der Waals surface area contributed by atoms with Crippen LogP contribution in [0, 0.1) is 13.8 Å². The lowest BCUT2D eigenvalue weighted by molar-refractivity contribution is 0.0939. The van der Waals surface area contributed by atoms with Crippen molar-refractivity contribution in [2.45, 2.75) is 46.8 Å². The second-order valence-electron chi connectivity index (χ2n) is 6.63. The standard InChI is InChI=1S/C20H24BrN5O/c1-5-25-11-10-18(24-25)13(2)22-20(27)17-8-6-16(7-9-17)12-26-15(4)19(21)14(3)23-26/h6-11,13H,5,12H2,1-4H3,(H,22,27). The lowest BCUT2D eigenvalue weighted by Crippen LogP contribution is -2.27. The smallest absolute Gasteiger partial charge is 0.251 e. The maximum absolute atomic E-state index is 12.5. The average Bonchev–Trinajstić information content (AvgIpc) is 3.24. The summed E-state index contributed by atoms with van der Waals surface area (Å²) in [7, 11) is 0. The van der Waals surface area contributed by atoms with E-state index >= 15 is 0 Å². The molecule has 0 spiro atoms. The highest BCUT2D eigenvalue weighted by molar-refractivity contribution is 9.10. The van der Waals surface area contributed by atoms with Gasteiger partial charge in [0.1, 0.15) is 0 Å². The average molecular weight is 430 g/mol. The number of aryl methyl sites for hydroxylation is 2. The summed E-state index contributed by atoms with van der Waals surface area (Å²) in [5.41, 5.74) is 4.66. The predicted molar refractivity (Wildman–Crippen MR) is 109 cm³/mol. The summed E-state index contributed by atoms with van der Waals surface area (Å²) in [6.07, 6.45) is 1.92. The number of hydrogen-bond donors (Lipinski definition) is 1. The SMILES string of the molecule is CCn1ccc(C(C)NC(=O)c2ccc(Cn3nc(C)c(Br)c3C)cc2)n1. The Kier molecular flexibility index (Phi) is 5.79. The molecule has 0 saturated heterocycles. The molecule has 0 saturated carbocycles. The van der Waals surface area contributed by atoms with Crippen molar-refractivity contribution in [2.75, 3.05) is 0 Å². The second-order valence-corrected chi connectivity index (χ2v) is 7.42. The first-order valence-electron chi connectivity index (χ1n) is 9.01. The monoisotopic (exact) mass is 429 g/mol. The topological polar surface area (TPSA) is 64.7 Å². The molecule has 1 aromatic carbocycles. The molecule has 0 aliphatic carbocycles. The zero-order valence-electron chi connectivity index (χ0n) is 16.0. The van der Waals surface area contributed by atoms with Crippen molar-refractivity contribution in [3.63, 3.8) is 0 Å². The van der Waals surface area contributed by atoms with Crippen LogP contribution in [0.3, 0.4) is 0 Å². The van der Waals surface area contributed by atoms with Gasteiger partial charge in [0.05, 0.1) is 34.1 Å². The van der Waals surface area contributed by atoms with Gasteiger partial charge in [-0.15, -0.1) is 0 Å². The van der Waals surface area contributed by atoms with Crippen LogP contribution in [-0.2, 0) is 13.1 Å². The Morgan fingerprint density at radius 3 is 2.44 bits per heavy atom. The van der Waals surface area contributed by atoms with Gasteiger partial charge in [-0.1, -0.05) is 12.1 Å². The fourth-order valence-electron chi connectivity index (χ4n) is 2.90. The Hall–Kier alpha value is -2.41. The Morgan fingerprint density at radius 2 is 1.89 bits per heavy atom. The minimum Gasteiger partial charge on any atom is -0.344 e. The first-order valence-corrected chi connectivity index (χ1v) is 9.81. The Labute approximate surface area is 167 Å². The van der Waals surface area contributed by atoms with Crippen LogP contribution in [0.1, 0.15) is 52.9 Å². The van der Waals surface area contributed by atoms with Gasteiger partial charge in [-0.2, -0.15) is 10.2 Å². The maximum Gasteiger partial charge on any atom is 0.251 e. The summed E-state index contributed by atoms with van der Waals surface area (Å²) >= 11 is 3.55. The largest absolute Gasteiger partial charge is 0.344 e. The van der Waals surface area contributed by atoms with Gasteiger partial charge in [-0.05, 0) is 67.4 Å². The molecule has 142 valence electrons. The summed E-state index contributed by atoms with van der Waals surface area (Å²) in [4.78, 5) is 12.5. The second kappa shape index (κ2) is 8.08. The van der Waals surface area contributed by atoms with Crippen molar-refractivity contribution in [1.29, 1.82) is 0 Å². The predicted octanol–water partition coefficient (Wildman–Crippen LogP) is 4.02. The van der Waals surface area contributed by atoms with Crippen LogP contribution < -0.4 is 5.32 Å². The van der Waals surface area contributed by atoms with Gasteiger partial charge in [0.25, 0.3) is 5.91 Å². The highest BCUT2D eigenvalue weighted by Crippen LogP contribution is 2.20. The number of halogens is 1. The molecular weight excluding hydrogens is 406 g/mol. The van der Waals surface area contributed by atoms with E-state index < -0.39 is 0 Å². The summed E-state index contributed by atoms with van der Waals surface area (Å²) in [6.45, 7) is 9.47.